The zero-order chi connectivity index (χ0) is 11.5. The zero-order valence-corrected chi connectivity index (χ0v) is 9.15. The van der Waals surface area contributed by atoms with Crippen LogP contribution < -0.4 is 5.73 Å². The van der Waals surface area contributed by atoms with E-state index in [2.05, 4.69) is 4.98 Å². The molecule has 0 saturated carbocycles. The Kier molecular flexibility index (Phi) is 2.91. The molecule has 2 aromatic rings. The molecule has 0 aliphatic heterocycles. The highest BCUT2D eigenvalue weighted by Crippen LogP contribution is 2.22. The van der Waals surface area contributed by atoms with E-state index in [1.54, 1.807) is 23.0 Å². The number of nitrogens with two attached hydrogens (primary N) is 1. The third-order valence-corrected chi connectivity index (χ3v) is 2.55. The maximum atomic E-state index is 8.86. The summed E-state index contributed by atoms with van der Waals surface area (Å²) in [4.78, 5) is 3.91. The number of rotatable bonds is 2. The molecule has 1 heterocycles. The maximum Gasteiger partial charge on any atom is 0.217 e. The Morgan fingerprint density at radius 3 is 2.94 bits per heavy atom. The lowest BCUT2D eigenvalue weighted by Crippen LogP contribution is -2.00. The van der Waals surface area contributed by atoms with E-state index in [-0.39, 0.29) is 0 Å². The van der Waals surface area contributed by atoms with Crippen LogP contribution in [0.15, 0.2) is 30.6 Å². The molecule has 0 spiro atoms. The van der Waals surface area contributed by atoms with Crippen molar-refractivity contribution in [2.45, 2.75) is 6.54 Å². The second kappa shape index (κ2) is 4.35. The largest absolute Gasteiger partial charge is 0.326 e. The second-order valence-corrected chi connectivity index (χ2v) is 3.63. The van der Waals surface area contributed by atoms with Gasteiger partial charge in [-0.25, -0.2) is 4.98 Å². The van der Waals surface area contributed by atoms with Crippen molar-refractivity contribution in [2.24, 2.45) is 5.73 Å². The number of nitriles is 1. The van der Waals surface area contributed by atoms with Crippen molar-refractivity contribution in [3.05, 3.63) is 47.0 Å². The van der Waals surface area contributed by atoms with E-state index in [1.165, 1.54) is 0 Å². The first kappa shape index (κ1) is 10.7. The van der Waals surface area contributed by atoms with E-state index in [0.717, 1.165) is 11.3 Å². The molecule has 5 heteroatoms. The molecule has 0 aliphatic carbocycles. The molecule has 0 aliphatic rings. The molecular weight excluding hydrogens is 224 g/mol. The molecular formula is C11H9ClN4. The van der Waals surface area contributed by atoms with Crippen LogP contribution in [0.25, 0.3) is 5.69 Å². The Morgan fingerprint density at radius 1 is 1.50 bits per heavy atom. The van der Waals surface area contributed by atoms with Crippen molar-refractivity contribution in [1.29, 1.82) is 5.26 Å². The summed E-state index contributed by atoms with van der Waals surface area (Å²) in [6, 6.07) is 7.49. The standard InChI is InChI=1S/C11H9ClN4/c12-9-5-8(6-13)1-2-10(9)16-4-3-15-11(16)7-14/h1-5H,6,13H2. The summed E-state index contributed by atoms with van der Waals surface area (Å²) >= 11 is 6.11. The first-order valence-electron chi connectivity index (χ1n) is 4.68. The molecule has 0 fully saturated rings. The predicted octanol–water partition coefficient (Wildman–Crippen LogP) is 1.86. The predicted molar refractivity (Wildman–Crippen MR) is 61.2 cm³/mol. The van der Waals surface area contributed by atoms with Crippen LogP contribution in [0.3, 0.4) is 0 Å². The summed E-state index contributed by atoms with van der Waals surface area (Å²) in [5.74, 6) is 0.308. The van der Waals surface area contributed by atoms with E-state index < -0.39 is 0 Å². The molecule has 2 N–H and O–H groups in total. The van der Waals surface area contributed by atoms with Crippen LogP contribution in [0.1, 0.15) is 11.4 Å². The van der Waals surface area contributed by atoms with Crippen LogP contribution in [0.2, 0.25) is 5.02 Å². The minimum absolute atomic E-state index is 0.308. The Bertz CT molecular complexity index is 553. The number of nitrogens with zero attached hydrogens (tertiary/aromatic N) is 3. The first-order valence-corrected chi connectivity index (χ1v) is 5.06. The molecule has 80 valence electrons. The highest BCUT2D eigenvalue weighted by molar-refractivity contribution is 6.32. The minimum Gasteiger partial charge on any atom is -0.326 e. The van der Waals surface area contributed by atoms with Gasteiger partial charge < -0.3 is 5.73 Å². The Hall–Kier alpha value is -1.83. The van der Waals surface area contributed by atoms with Gasteiger partial charge in [0.1, 0.15) is 6.07 Å². The Labute approximate surface area is 97.9 Å². The first-order chi connectivity index (χ1) is 7.76. The molecule has 0 amide bonds. The molecule has 0 radical (unpaired) electrons. The summed E-state index contributed by atoms with van der Waals surface area (Å²) in [5, 5.41) is 9.42. The average molecular weight is 233 g/mol. The fraction of sp³-hybridized carbons (Fsp3) is 0.0909. The molecule has 1 aromatic carbocycles. The summed E-state index contributed by atoms with van der Waals surface area (Å²) in [5.41, 5.74) is 7.19. The maximum absolute atomic E-state index is 8.86. The minimum atomic E-state index is 0.308. The van der Waals surface area contributed by atoms with E-state index in [1.807, 2.05) is 18.2 Å². The van der Waals surface area contributed by atoms with Crippen LogP contribution in [0.4, 0.5) is 0 Å². The van der Waals surface area contributed by atoms with Crippen molar-refractivity contribution in [3.63, 3.8) is 0 Å². The van der Waals surface area contributed by atoms with Crippen LogP contribution in [-0.4, -0.2) is 9.55 Å². The van der Waals surface area contributed by atoms with E-state index in [0.29, 0.717) is 17.4 Å². The van der Waals surface area contributed by atoms with Crippen LogP contribution in [-0.2, 0) is 6.54 Å². The third-order valence-electron chi connectivity index (χ3n) is 2.25. The number of aromatic nitrogens is 2. The summed E-state index contributed by atoms with van der Waals surface area (Å²) in [6.07, 6.45) is 3.26. The van der Waals surface area contributed by atoms with Gasteiger partial charge in [0.05, 0.1) is 10.7 Å². The zero-order valence-electron chi connectivity index (χ0n) is 8.39. The lowest BCUT2D eigenvalue weighted by atomic mass is 10.2. The number of benzene rings is 1. The average Bonchev–Trinajstić information content (AvgIpc) is 2.76. The molecule has 0 unspecified atom stereocenters. The van der Waals surface area contributed by atoms with Crippen LogP contribution >= 0.6 is 11.6 Å². The topological polar surface area (TPSA) is 67.6 Å². The lowest BCUT2D eigenvalue weighted by Gasteiger charge is -2.07. The fourth-order valence-corrected chi connectivity index (χ4v) is 1.75. The van der Waals surface area contributed by atoms with Crippen LogP contribution in [0.5, 0.6) is 0 Å². The highest BCUT2D eigenvalue weighted by Gasteiger charge is 2.07. The van der Waals surface area contributed by atoms with Gasteiger partial charge in [-0.2, -0.15) is 5.26 Å². The Morgan fingerprint density at radius 2 is 2.31 bits per heavy atom. The smallest absolute Gasteiger partial charge is 0.217 e. The van der Waals surface area contributed by atoms with Gasteiger partial charge >= 0.3 is 0 Å². The van der Waals surface area contributed by atoms with Crippen molar-refractivity contribution < 1.29 is 0 Å². The van der Waals surface area contributed by atoms with Crippen molar-refractivity contribution >= 4 is 11.6 Å². The van der Waals surface area contributed by atoms with Gasteiger partial charge in [0.15, 0.2) is 0 Å². The van der Waals surface area contributed by atoms with Gasteiger partial charge in [-0.05, 0) is 17.7 Å². The monoisotopic (exact) mass is 232 g/mol. The number of hydrogen-bond acceptors (Lipinski definition) is 3. The van der Waals surface area contributed by atoms with E-state index in [4.69, 9.17) is 22.6 Å². The van der Waals surface area contributed by atoms with Crippen molar-refractivity contribution in [2.75, 3.05) is 0 Å². The number of hydrogen-bond donors (Lipinski definition) is 1. The molecule has 1 aromatic heterocycles. The quantitative estimate of drug-likeness (QED) is 0.859. The van der Waals surface area contributed by atoms with Crippen molar-refractivity contribution in [1.82, 2.24) is 9.55 Å². The lowest BCUT2D eigenvalue weighted by molar-refractivity contribution is 1.01. The van der Waals surface area contributed by atoms with Gasteiger partial charge in [0.2, 0.25) is 5.82 Å². The normalized spacial score (nSPS) is 10.1. The molecule has 0 bridgehead atoms. The van der Waals surface area contributed by atoms with E-state index in [9.17, 15) is 0 Å². The number of halogens is 1. The van der Waals surface area contributed by atoms with Gasteiger partial charge in [-0.1, -0.05) is 17.7 Å². The van der Waals surface area contributed by atoms with Crippen molar-refractivity contribution in [3.8, 4) is 11.8 Å². The molecule has 4 nitrogen and oxygen atoms in total. The van der Waals surface area contributed by atoms with Gasteiger partial charge in [-0.15, -0.1) is 0 Å². The van der Waals surface area contributed by atoms with Gasteiger partial charge in [-0.3, -0.25) is 4.57 Å². The van der Waals surface area contributed by atoms with Gasteiger partial charge in [0, 0.05) is 18.9 Å². The summed E-state index contributed by atoms with van der Waals surface area (Å²) < 4.78 is 1.64. The van der Waals surface area contributed by atoms with Crippen LogP contribution in [0, 0.1) is 11.3 Å². The SMILES string of the molecule is N#Cc1nccn1-c1ccc(CN)cc1Cl. The van der Waals surface area contributed by atoms with E-state index >= 15 is 0 Å². The molecule has 0 saturated heterocycles. The third kappa shape index (κ3) is 1.78. The Balaban J connectivity index is 2.53. The second-order valence-electron chi connectivity index (χ2n) is 3.22. The molecule has 2 rings (SSSR count). The highest BCUT2D eigenvalue weighted by atomic mass is 35.5. The van der Waals surface area contributed by atoms with Gasteiger partial charge in [0.25, 0.3) is 0 Å². The molecule has 0 atom stereocenters. The summed E-state index contributed by atoms with van der Waals surface area (Å²) in [7, 11) is 0. The fourth-order valence-electron chi connectivity index (χ4n) is 1.45. The summed E-state index contributed by atoms with van der Waals surface area (Å²) in [6.45, 7) is 0.440. The molecule has 16 heavy (non-hydrogen) atoms. The number of imidazole rings is 1.